The quantitative estimate of drug-likeness (QED) is 0.0687. The number of nitrogens with one attached hydrogen (secondary N) is 2. The van der Waals surface area contributed by atoms with Crippen LogP contribution in [0.1, 0.15) is 87.2 Å². The minimum atomic E-state index is -0.666. The Morgan fingerprint density at radius 3 is 1.66 bits per heavy atom. The van der Waals surface area contributed by atoms with Gasteiger partial charge in [0, 0.05) is 56.9 Å². The number of hydrogen-bond donors (Lipinski definition) is 4. The first-order valence-electron chi connectivity index (χ1n) is 21.4. The summed E-state index contributed by atoms with van der Waals surface area (Å²) in [6, 6.07) is 9.61. The number of allylic oxidation sites excluding steroid dienone is 2. The Labute approximate surface area is 370 Å². The highest BCUT2D eigenvalue weighted by atomic mass is 16.5. The van der Waals surface area contributed by atoms with Gasteiger partial charge in [0.05, 0.1) is 49.4 Å². The summed E-state index contributed by atoms with van der Waals surface area (Å²) in [5, 5.41) is 14.7. The van der Waals surface area contributed by atoms with Crippen molar-refractivity contribution in [2.45, 2.75) is 74.1 Å². The van der Waals surface area contributed by atoms with E-state index in [2.05, 4.69) is 25.7 Å². The molecule has 0 spiro atoms. The number of amides is 4. The number of morpholine rings is 1. The highest BCUT2D eigenvalue weighted by molar-refractivity contribution is 6.05. The van der Waals surface area contributed by atoms with Crippen molar-refractivity contribution < 1.29 is 33.4 Å². The maximum Gasteiger partial charge on any atom is 0.276 e. The van der Waals surface area contributed by atoms with Crippen LogP contribution in [0, 0.1) is 13.8 Å². The first-order chi connectivity index (χ1) is 30.9. The average Bonchev–Trinajstić information content (AvgIpc) is 4.06. The molecule has 6 aromatic rings. The molecule has 0 aliphatic carbocycles. The molecule has 0 atom stereocenters. The lowest BCUT2D eigenvalue weighted by atomic mass is 10.1. The second kappa shape index (κ2) is 20.9. The molecule has 4 aromatic heterocycles. The van der Waals surface area contributed by atoms with E-state index in [4.69, 9.17) is 35.6 Å². The molecule has 20 heteroatoms. The topological polar surface area (TPSA) is 247 Å². The third-order valence-corrected chi connectivity index (χ3v) is 10.4. The fraction of sp³-hybridized carbons (Fsp3) is 0.409. The molecule has 0 unspecified atom stereocenters. The molecule has 20 nitrogen and oxygen atoms in total. The normalized spacial score (nSPS) is 13.0. The number of carbonyl (C=O) groups is 4. The van der Waals surface area contributed by atoms with Crippen molar-refractivity contribution in [1.29, 1.82) is 0 Å². The van der Waals surface area contributed by atoms with E-state index in [0.717, 1.165) is 19.6 Å². The van der Waals surface area contributed by atoms with Crippen molar-refractivity contribution in [3.8, 4) is 11.5 Å². The number of nitrogens with zero attached hydrogens (tertiary/aromatic N) is 9. The Bertz CT molecular complexity index is 2680. The van der Waals surface area contributed by atoms with E-state index in [0.29, 0.717) is 95.7 Å². The molecule has 0 bridgehead atoms. The van der Waals surface area contributed by atoms with Crippen LogP contribution in [0.3, 0.4) is 0 Å². The molecule has 1 fully saturated rings. The fourth-order valence-corrected chi connectivity index (χ4v) is 7.48. The zero-order valence-electron chi connectivity index (χ0n) is 37.4. The summed E-state index contributed by atoms with van der Waals surface area (Å²) >= 11 is 0. The summed E-state index contributed by atoms with van der Waals surface area (Å²) in [5.41, 5.74) is 15.7. The van der Waals surface area contributed by atoms with Crippen molar-refractivity contribution in [2.75, 3.05) is 57.2 Å². The lowest BCUT2D eigenvalue weighted by Gasteiger charge is -2.26. The number of aryl methyl sites for hydroxylation is 4. The van der Waals surface area contributed by atoms with Gasteiger partial charge in [0.1, 0.15) is 33.9 Å². The van der Waals surface area contributed by atoms with E-state index >= 15 is 0 Å². The maximum atomic E-state index is 13.8. The first kappa shape index (κ1) is 46.4. The van der Waals surface area contributed by atoms with E-state index in [1.54, 1.807) is 49.7 Å². The van der Waals surface area contributed by atoms with Crippen molar-refractivity contribution in [3.05, 3.63) is 82.5 Å². The molecule has 0 saturated carbocycles. The van der Waals surface area contributed by atoms with Crippen LogP contribution in [0.25, 0.3) is 22.1 Å². The molecule has 0 radical (unpaired) electrons. The summed E-state index contributed by atoms with van der Waals surface area (Å²) in [5.74, 6) is -1.11. The predicted octanol–water partition coefficient (Wildman–Crippen LogP) is 4.53. The van der Waals surface area contributed by atoms with Crippen LogP contribution in [0.15, 0.2) is 48.6 Å². The van der Waals surface area contributed by atoms with Gasteiger partial charge in [-0.25, -0.2) is 9.97 Å². The van der Waals surface area contributed by atoms with Gasteiger partial charge in [-0.15, -0.1) is 0 Å². The smallest absolute Gasteiger partial charge is 0.276 e. The number of carbonyl (C=O) groups excluding carboxylic acids is 4. The van der Waals surface area contributed by atoms with Crippen molar-refractivity contribution >= 4 is 57.6 Å². The Kier molecular flexibility index (Phi) is 15.1. The van der Waals surface area contributed by atoms with Gasteiger partial charge in [-0.05, 0) is 70.5 Å². The van der Waals surface area contributed by atoms with Gasteiger partial charge in [-0.1, -0.05) is 26.0 Å². The number of ether oxygens (including phenoxy) is 3. The standard InChI is InChI=1S/C42H51N13O7.C2H6/c1-6-54-31(19-25(3)49-54)39(58)47-41-45-29-21-27(37(43)56)23-33(60-5)35(29)52(41)12-8-9-13-53-36-30(46-42(53)48-40(59)32-20-26(4)50-55(32)7-2)22-28(38(44)57)24-34(36)62-16-10-11-51-14-17-61-18-15-51;1-2/h8-9,19-24H,6-7,10-18H2,1-5H3,(H2,43,56)(H2,44,57)(H,45,47,58)(H,46,48,59);1-2H3/b9-8+;. The predicted molar refractivity (Wildman–Crippen MR) is 242 cm³/mol. The number of methoxy groups -OCH3 is 1. The molecule has 7 rings (SSSR count). The molecular weight excluding hydrogens is 823 g/mol. The van der Waals surface area contributed by atoms with Crippen LogP contribution < -0.4 is 31.6 Å². The Hall–Kier alpha value is -7.06. The largest absolute Gasteiger partial charge is 0.494 e. The van der Waals surface area contributed by atoms with E-state index in [1.807, 2.05) is 46.8 Å². The van der Waals surface area contributed by atoms with Crippen molar-refractivity contribution in [2.24, 2.45) is 11.5 Å². The number of nitrogens with two attached hydrogens (primary N) is 2. The minimum Gasteiger partial charge on any atom is -0.494 e. The molecule has 1 saturated heterocycles. The van der Waals surface area contributed by atoms with E-state index in [9.17, 15) is 19.2 Å². The Morgan fingerprint density at radius 2 is 1.20 bits per heavy atom. The number of fused-ring (bicyclic) bond motifs is 2. The van der Waals surface area contributed by atoms with Crippen LogP contribution in [0.4, 0.5) is 11.9 Å². The number of aromatic nitrogens is 8. The molecule has 1 aliphatic rings. The second-order valence-electron chi connectivity index (χ2n) is 14.7. The summed E-state index contributed by atoms with van der Waals surface area (Å²) < 4.78 is 24.3. The highest BCUT2D eigenvalue weighted by Gasteiger charge is 2.24. The highest BCUT2D eigenvalue weighted by Crippen LogP contribution is 2.33. The third-order valence-electron chi connectivity index (χ3n) is 10.4. The van der Waals surface area contributed by atoms with Crippen LogP contribution in [-0.2, 0) is 30.9 Å². The van der Waals surface area contributed by atoms with Crippen molar-refractivity contribution in [3.63, 3.8) is 0 Å². The van der Waals surface area contributed by atoms with Gasteiger partial charge in [0.2, 0.25) is 23.7 Å². The number of imidazole rings is 2. The molecule has 5 heterocycles. The van der Waals surface area contributed by atoms with E-state index in [1.165, 1.54) is 19.2 Å². The number of rotatable bonds is 18. The molecule has 2 aromatic carbocycles. The summed E-state index contributed by atoms with van der Waals surface area (Å²) in [6.45, 7) is 16.9. The Balaban J connectivity index is 0.00000335. The summed E-state index contributed by atoms with van der Waals surface area (Å²) in [7, 11) is 1.47. The fourth-order valence-electron chi connectivity index (χ4n) is 7.48. The van der Waals surface area contributed by atoms with Crippen LogP contribution in [0.5, 0.6) is 11.5 Å². The van der Waals surface area contributed by atoms with E-state index in [-0.39, 0.29) is 36.1 Å². The van der Waals surface area contributed by atoms with Crippen LogP contribution in [-0.4, -0.2) is 114 Å². The Morgan fingerprint density at radius 1 is 0.734 bits per heavy atom. The molecule has 6 N–H and O–H groups in total. The van der Waals surface area contributed by atoms with Crippen molar-refractivity contribution in [1.82, 2.24) is 43.6 Å². The van der Waals surface area contributed by atoms with Gasteiger partial charge in [-0.2, -0.15) is 10.2 Å². The maximum absolute atomic E-state index is 13.8. The molecule has 1 aliphatic heterocycles. The van der Waals surface area contributed by atoms with Gasteiger partial charge in [-0.3, -0.25) is 44.1 Å². The summed E-state index contributed by atoms with van der Waals surface area (Å²) in [6.07, 6.45) is 4.42. The number of primary amides is 2. The van der Waals surface area contributed by atoms with Crippen LogP contribution in [0.2, 0.25) is 0 Å². The third kappa shape index (κ3) is 10.2. The number of hydrogen-bond acceptors (Lipinski definition) is 12. The van der Waals surface area contributed by atoms with Crippen LogP contribution >= 0.6 is 0 Å². The monoisotopic (exact) mass is 879 g/mol. The first-order valence-corrected chi connectivity index (χ1v) is 21.4. The van der Waals surface area contributed by atoms with Gasteiger partial charge in [0.15, 0.2) is 0 Å². The van der Waals surface area contributed by atoms with Gasteiger partial charge < -0.3 is 34.8 Å². The average molecular weight is 880 g/mol. The lowest BCUT2D eigenvalue weighted by molar-refractivity contribution is 0.0358. The molecule has 340 valence electrons. The van der Waals surface area contributed by atoms with E-state index < -0.39 is 23.6 Å². The minimum absolute atomic E-state index is 0.171. The van der Waals surface area contributed by atoms with Gasteiger partial charge in [0.25, 0.3) is 11.8 Å². The zero-order valence-corrected chi connectivity index (χ0v) is 37.4. The molecular formula is C44H57N13O7. The second-order valence-corrected chi connectivity index (χ2v) is 14.7. The SMILES string of the molecule is CC.CCn1nc(C)cc1C(=O)Nc1nc2cc(C(N)=O)cc(OC)c2n1C/C=C/Cn1c(NC(=O)c2cc(C)nn2CC)nc2cc(C(N)=O)cc(OCCCN3CCOCC3)c21. The lowest BCUT2D eigenvalue weighted by Crippen LogP contribution is -2.37. The molecule has 4 amide bonds. The van der Waals surface area contributed by atoms with Gasteiger partial charge >= 0.3 is 0 Å². The molecule has 64 heavy (non-hydrogen) atoms. The zero-order chi connectivity index (χ0) is 46.1. The number of benzene rings is 2. The summed E-state index contributed by atoms with van der Waals surface area (Å²) in [4.78, 5) is 64.1. The number of anilines is 2.